The number of benzene rings is 2. The van der Waals surface area contributed by atoms with Crippen LogP contribution in [-0.2, 0) is 6.42 Å². The fourth-order valence-electron chi connectivity index (χ4n) is 2.08. The van der Waals surface area contributed by atoms with Crippen LogP contribution >= 0.6 is 47.8 Å². The zero-order chi connectivity index (χ0) is 14.0. The first-order valence-electron chi connectivity index (χ1n) is 6.12. The molecular formula is C16H15Br3. The molecule has 0 bridgehead atoms. The van der Waals surface area contributed by atoms with Crippen molar-refractivity contribution >= 4 is 47.8 Å². The van der Waals surface area contributed by atoms with E-state index in [1.54, 1.807) is 0 Å². The van der Waals surface area contributed by atoms with Gasteiger partial charge in [-0.2, -0.15) is 0 Å². The normalized spacial score (nSPS) is 12.5. The predicted octanol–water partition coefficient (Wildman–Crippen LogP) is 6.51. The van der Waals surface area contributed by atoms with Crippen molar-refractivity contribution in [1.82, 2.24) is 0 Å². The van der Waals surface area contributed by atoms with E-state index in [1.807, 2.05) is 6.07 Å². The number of alkyl halides is 1. The Hall–Kier alpha value is -0.120. The molecule has 0 aliphatic carbocycles. The number of halogens is 3. The fourth-order valence-corrected chi connectivity index (χ4v) is 4.01. The molecule has 2 aromatic rings. The van der Waals surface area contributed by atoms with E-state index in [0.717, 1.165) is 15.4 Å². The van der Waals surface area contributed by atoms with E-state index in [-0.39, 0.29) is 0 Å². The smallest absolute Gasteiger partial charge is 0.0447 e. The Balaban J connectivity index is 2.27. The number of hydrogen-bond acceptors (Lipinski definition) is 0. The van der Waals surface area contributed by atoms with Crippen LogP contribution in [0, 0.1) is 13.8 Å². The molecule has 0 amide bonds. The molecule has 2 aromatic carbocycles. The first-order chi connectivity index (χ1) is 8.97. The highest BCUT2D eigenvalue weighted by atomic mass is 79.9. The van der Waals surface area contributed by atoms with Gasteiger partial charge in [-0.25, -0.2) is 0 Å². The van der Waals surface area contributed by atoms with Crippen molar-refractivity contribution in [3.63, 3.8) is 0 Å². The zero-order valence-electron chi connectivity index (χ0n) is 10.9. The largest absolute Gasteiger partial charge is 0.0835 e. The van der Waals surface area contributed by atoms with E-state index in [4.69, 9.17) is 0 Å². The van der Waals surface area contributed by atoms with E-state index in [0.29, 0.717) is 4.83 Å². The highest BCUT2D eigenvalue weighted by Crippen LogP contribution is 2.35. The van der Waals surface area contributed by atoms with E-state index >= 15 is 0 Å². The van der Waals surface area contributed by atoms with Gasteiger partial charge < -0.3 is 0 Å². The maximum atomic E-state index is 3.82. The van der Waals surface area contributed by atoms with Crippen molar-refractivity contribution in [2.24, 2.45) is 0 Å². The molecule has 0 N–H and O–H groups in total. The summed E-state index contributed by atoms with van der Waals surface area (Å²) in [6, 6.07) is 12.9. The molecule has 0 saturated heterocycles. The van der Waals surface area contributed by atoms with Crippen LogP contribution in [0.3, 0.4) is 0 Å². The summed E-state index contributed by atoms with van der Waals surface area (Å²) in [5, 5.41) is 0. The Morgan fingerprint density at radius 2 is 1.74 bits per heavy atom. The molecule has 3 heteroatoms. The Morgan fingerprint density at radius 1 is 1.00 bits per heavy atom. The van der Waals surface area contributed by atoms with Gasteiger partial charge in [0.15, 0.2) is 0 Å². The van der Waals surface area contributed by atoms with Crippen molar-refractivity contribution in [2.75, 3.05) is 0 Å². The van der Waals surface area contributed by atoms with Gasteiger partial charge in [0, 0.05) is 13.8 Å². The van der Waals surface area contributed by atoms with E-state index in [9.17, 15) is 0 Å². The van der Waals surface area contributed by atoms with Crippen molar-refractivity contribution < 1.29 is 0 Å². The summed E-state index contributed by atoms with van der Waals surface area (Å²) < 4.78 is 2.25. The Kier molecular flexibility index (Phi) is 5.27. The molecule has 0 nitrogen and oxygen atoms in total. The predicted molar refractivity (Wildman–Crippen MR) is 93.1 cm³/mol. The number of rotatable bonds is 3. The van der Waals surface area contributed by atoms with Crippen LogP contribution in [0.1, 0.15) is 27.1 Å². The average Bonchev–Trinajstić information content (AvgIpc) is 2.36. The lowest BCUT2D eigenvalue weighted by Crippen LogP contribution is -1.99. The summed E-state index contributed by atoms with van der Waals surface area (Å²) in [7, 11) is 0. The minimum absolute atomic E-state index is 0.305. The van der Waals surface area contributed by atoms with Gasteiger partial charge in [-0.3, -0.25) is 0 Å². The number of hydrogen-bond donors (Lipinski definition) is 0. The second kappa shape index (κ2) is 6.55. The van der Waals surface area contributed by atoms with E-state index in [2.05, 4.69) is 92.0 Å². The molecule has 0 aliphatic heterocycles. The quantitative estimate of drug-likeness (QED) is 0.471. The van der Waals surface area contributed by atoms with Crippen LogP contribution in [0.5, 0.6) is 0 Å². The Labute approximate surface area is 140 Å². The summed E-state index contributed by atoms with van der Waals surface area (Å²) in [5.74, 6) is 0. The van der Waals surface area contributed by atoms with Crippen LogP contribution in [-0.4, -0.2) is 0 Å². The minimum Gasteiger partial charge on any atom is -0.0835 e. The molecule has 0 spiro atoms. The fraction of sp³-hybridized carbons (Fsp3) is 0.250. The molecule has 0 fully saturated rings. The van der Waals surface area contributed by atoms with Crippen molar-refractivity contribution in [2.45, 2.75) is 25.1 Å². The highest BCUT2D eigenvalue weighted by Gasteiger charge is 2.13. The third-order valence-electron chi connectivity index (χ3n) is 3.20. The SMILES string of the molecule is Cc1ccc(C)c(CC(Br)c2cc(Br)ccc2Br)c1. The molecular weight excluding hydrogens is 432 g/mol. The minimum atomic E-state index is 0.305. The second-order valence-electron chi connectivity index (χ2n) is 4.77. The molecule has 0 radical (unpaired) electrons. The summed E-state index contributed by atoms with van der Waals surface area (Å²) in [6.07, 6.45) is 0.989. The van der Waals surface area contributed by atoms with Crippen molar-refractivity contribution in [3.8, 4) is 0 Å². The third-order valence-corrected chi connectivity index (χ3v) is 5.23. The molecule has 2 rings (SSSR count). The third kappa shape index (κ3) is 3.93. The standard InChI is InChI=1S/C16H15Br3/c1-10-3-4-11(2)12(7-10)8-16(19)14-9-13(17)5-6-15(14)18/h3-7,9,16H,8H2,1-2H3. The Morgan fingerprint density at radius 3 is 2.47 bits per heavy atom. The molecule has 19 heavy (non-hydrogen) atoms. The van der Waals surface area contributed by atoms with Crippen LogP contribution < -0.4 is 0 Å². The highest BCUT2D eigenvalue weighted by molar-refractivity contribution is 9.11. The first-order valence-corrected chi connectivity index (χ1v) is 8.62. The summed E-state index contributed by atoms with van der Waals surface area (Å²) in [4.78, 5) is 0.305. The monoisotopic (exact) mass is 444 g/mol. The lowest BCUT2D eigenvalue weighted by atomic mass is 9.99. The maximum absolute atomic E-state index is 3.82. The lowest BCUT2D eigenvalue weighted by molar-refractivity contribution is 0.930. The van der Waals surface area contributed by atoms with Gasteiger partial charge in [0.25, 0.3) is 0 Å². The summed E-state index contributed by atoms with van der Waals surface area (Å²) in [5.41, 5.74) is 5.33. The van der Waals surface area contributed by atoms with Gasteiger partial charge in [-0.15, -0.1) is 0 Å². The summed E-state index contributed by atoms with van der Waals surface area (Å²) in [6.45, 7) is 4.31. The Bertz CT molecular complexity index is 591. The van der Waals surface area contributed by atoms with Gasteiger partial charge in [-0.1, -0.05) is 71.6 Å². The average molecular weight is 447 g/mol. The second-order valence-corrected chi connectivity index (χ2v) is 7.64. The van der Waals surface area contributed by atoms with Gasteiger partial charge in [0.05, 0.1) is 0 Å². The maximum Gasteiger partial charge on any atom is 0.0447 e. The zero-order valence-corrected chi connectivity index (χ0v) is 15.6. The molecule has 0 aliphatic rings. The molecule has 1 unspecified atom stereocenters. The van der Waals surface area contributed by atoms with E-state index in [1.165, 1.54) is 22.3 Å². The van der Waals surface area contributed by atoms with E-state index < -0.39 is 0 Å². The van der Waals surface area contributed by atoms with Crippen LogP contribution in [0.2, 0.25) is 0 Å². The number of aryl methyl sites for hydroxylation is 2. The molecule has 1 atom stereocenters. The van der Waals surface area contributed by atoms with Gasteiger partial charge in [0.2, 0.25) is 0 Å². The molecule has 0 heterocycles. The van der Waals surface area contributed by atoms with Gasteiger partial charge in [-0.05, 0) is 55.2 Å². The van der Waals surface area contributed by atoms with Crippen LogP contribution in [0.15, 0.2) is 45.3 Å². The van der Waals surface area contributed by atoms with Crippen molar-refractivity contribution in [3.05, 3.63) is 67.6 Å². The van der Waals surface area contributed by atoms with Crippen LogP contribution in [0.4, 0.5) is 0 Å². The molecule has 0 saturated carbocycles. The lowest BCUT2D eigenvalue weighted by Gasteiger charge is -2.15. The van der Waals surface area contributed by atoms with Gasteiger partial charge >= 0.3 is 0 Å². The van der Waals surface area contributed by atoms with Crippen LogP contribution in [0.25, 0.3) is 0 Å². The topological polar surface area (TPSA) is 0 Å². The molecule has 100 valence electrons. The first kappa shape index (κ1) is 15.3. The van der Waals surface area contributed by atoms with Gasteiger partial charge in [0.1, 0.15) is 0 Å². The molecule has 0 aromatic heterocycles. The van der Waals surface area contributed by atoms with Crippen molar-refractivity contribution in [1.29, 1.82) is 0 Å². The summed E-state index contributed by atoms with van der Waals surface area (Å²) >= 11 is 11.0.